The van der Waals surface area contributed by atoms with Gasteiger partial charge in [0.15, 0.2) is 0 Å². The van der Waals surface area contributed by atoms with E-state index in [1.165, 1.54) is 5.56 Å². The molecule has 19 heavy (non-hydrogen) atoms. The Bertz CT molecular complexity index is 573. The van der Waals surface area contributed by atoms with Crippen LogP contribution in [0.4, 0.5) is 0 Å². The molecule has 0 fully saturated rings. The van der Waals surface area contributed by atoms with Crippen molar-refractivity contribution in [1.29, 1.82) is 0 Å². The number of nitrogens with zero attached hydrogens (tertiary/aromatic N) is 2. The zero-order valence-electron chi connectivity index (χ0n) is 11.9. The van der Waals surface area contributed by atoms with Crippen molar-refractivity contribution in [3.8, 4) is 5.69 Å². The molecule has 0 radical (unpaired) electrons. The van der Waals surface area contributed by atoms with E-state index in [9.17, 15) is 0 Å². The van der Waals surface area contributed by atoms with Crippen LogP contribution in [0.25, 0.3) is 5.69 Å². The fourth-order valence-corrected chi connectivity index (χ4v) is 2.24. The van der Waals surface area contributed by atoms with Crippen molar-refractivity contribution in [1.82, 2.24) is 15.1 Å². The fraction of sp³-hybridized carbons (Fsp3) is 0.400. The third kappa shape index (κ3) is 3.37. The van der Waals surface area contributed by atoms with Crippen LogP contribution in [0.1, 0.15) is 30.8 Å². The van der Waals surface area contributed by atoms with Gasteiger partial charge in [-0.1, -0.05) is 31.5 Å². The molecular weight excluding hydrogens is 258 g/mol. The van der Waals surface area contributed by atoms with E-state index in [2.05, 4.69) is 43.3 Å². The topological polar surface area (TPSA) is 29.9 Å². The first-order valence-electron chi connectivity index (χ1n) is 6.53. The summed E-state index contributed by atoms with van der Waals surface area (Å²) in [4.78, 5) is 0. The molecule has 1 aromatic carbocycles. The van der Waals surface area contributed by atoms with Gasteiger partial charge in [0.25, 0.3) is 0 Å². The highest BCUT2D eigenvalue weighted by atomic mass is 35.5. The van der Waals surface area contributed by atoms with Crippen molar-refractivity contribution >= 4 is 11.6 Å². The number of hydrogen-bond donors (Lipinski definition) is 1. The molecule has 1 aromatic heterocycles. The minimum Gasteiger partial charge on any atom is -0.310 e. The van der Waals surface area contributed by atoms with Gasteiger partial charge < -0.3 is 5.32 Å². The molecule has 0 amide bonds. The lowest BCUT2D eigenvalue weighted by atomic mass is 10.1. The first-order valence-corrected chi connectivity index (χ1v) is 6.90. The summed E-state index contributed by atoms with van der Waals surface area (Å²) in [6.45, 7) is 9.14. The minimum absolute atomic E-state index is 0.448. The van der Waals surface area contributed by atoms with Crippen LogP contribution in [-0.2, 0) is 6.54 Å². The largest absolute Gasteiger partial charge is 0.310 e. The predicted molar refractivity (Wildman–Crippen MR) is 80.0 cm³/mol. The smallest absolute Gasteiger partial charge is 0.0708 e. The van der Waals surface area contributed by atoms with Crippen LogP contribution >= 0.6 is 11.6 Å². The molecule has 2 rings (SSSR count). The summed E-state index contributed by atoms with van der Waals surface area (Å²) in [5.41, 5.74) is 4.38. The van der Waals surface area contributed by atoms with Crippen LogP contribution in [0, 0.1) is 13.8 Å². The molecule has 0 saturated carbocycles. The molecule has 102 valence electrons. The Labute approximate surface area is 119 Å². The average molecular weight is 278 g/mol. The first kappa shape index (κ1) is 14.1. The maximum Gasteiger partial charge on any atom is 0.0708 e. The number of hydrogen-bond acceptors (Lipinski definition) is 2. The van der Waals surface area contributed by atoms with Crippen molar-refractivity contribution in [3.63, 3.8) is 0 Å². The Balaban J connectivity index is 2.42. The average Bonchev–Trinajstić information content (AvgIpc) is 2.66. The number of aromatic nitrogens is 2. The normalized spacial score (nSPS) is 11.3. The van der Waals surface area contributed by atoms with Gasteiger partial charge in [0.1, 0.15) is 0 Å². The van der Waals surface area contributed by atoms with E-state index in [0.29, 0.717) is 6.04 Å². The van der Waals surface area contributed by atoms with Gasteiger partial charge in [0.2, 0.25) is 0 Å². The summed E-state index contributed by atoms with van der Waals surface area (Å²) in [6.07, 6.45) is 0. The maximum absolute atomic E-state index is 6.13. The Hall–Kier alpha value is -1.32. The lowest BCUT2D eigenvalue weighted by molar-refractivity contribution is 0.586. The molecule has 0 aliphatic carbocycles. The van der Waals surface area contributed by atoms with Crippen LogP contribution in [0.3, 0.4) is 0 Å². The number of aryl methyl sites for hydroxylation is 2. The first-order chi connectivity index (χ1) is 8.97. The summed E-state index contributed by atoms with van der Waals surface area (Å²) in [7, 11) is 0. The summed E-state index contributed by atoms with van der Waals surface area (Å²) in [5.74, 6) is 0. The molecule has 0 saturated heterocycles. The van der Waals surface area contributed by atoms with Gasteiger partial charge >= 0.3 is 0 Å². The fourth-order valence-electron chi connectivity index (χ4n) is 2.07. The standard InChI is InChI=1S/C15H20ClN3/c1-10(2)17-9-13-5-6-14(16)8-15(13)19-12(4)7-11(3)18-19/h5-8,10,17H,9H2,1-4H3. The summed E-state index contributed by atoms with van der Waals surface area (Å²) in [6, 6.07) is 8.47. The second-order valence-electron chi connectivity index (χ2n) is 5.15. The second-order valence-corrected chi connectivity index (χ2v) is 5.58. The van der Waals surface area contributed by atoms with E-state index >= 15 is 0 Å². The van der Waals surface area contributed by atoms with Crippen molar-refractivity contribution in [2.24, 2.45) is 0 Å². The van der Waals surface area contributed by atoms with Crippen molar-refractivity contribution in [3.05, 3.63) is 46.2 Å². The highest BCUT2D eigenvalue weighted by Crippen LogP contribution is 2.21. The van der Waals surface area contributed by atoms with Gasteiger partial charge in [0, 0.05) is 23.3 Å². The molecule has 4 heteroatoms. The van der Waals surface area contributed by atoms with Gasteiger partial charge in [-0.25, -0.2) is 4.68 Å². The van der Waals surface area contributed by atoms with E-state index in [0.717, 1.165) is 28.6 Å². The predicted octanol–water partition coefficient (Wildman–Crippen LogP) is 3.64. The van der Waals surface area contributed by atoms with Crippen molar-refractivity contribution in [2.45, 2.75) is 40.3 Å². The summed E-state index contributed by atoms with van der Waals surface area (Å²) >= 11 is 6.13. The SMILES string of the molecule is Cc1cc(C)n(-c2cc(Cl)ccc2CNC(C)C)n1. The highest BCUT2D eigenvalue weighted by molar-refractivity contribution is 6.30. The number of rotatable bonds is 4. The van der Waals surface area contributed by atoms with E-state index in [-0.39, 0.29) is 0 Å². The minimum atomic E-state index is 0.448. The van der Waals surface area contributed by atoms with Crippen molar-refractivity contribution in [2.75, 3.05) is 0 Å². The lowest BCUT2D eigenvalue weighted by Gasteiger charge is -2.14. The van der Waals surface area contributed by atoms with Gasteiger partial charge in [-0.15, -0.1) is 0 Å². The molecule has 2 aromatic rings. The van der Waals surface area contributed by atoms with Crippen LogP contribution < -0.4 is 5.32 Å². The van der Waals surface area contributed by atoms with Crippen LogP contribution in [0.5, 0.6) is 0 Å². The van der Waals surface area contributed by atoms with E-state index in [1.807, 2.05) is 23.7 Å². The lowest BCUT2D eigenvalue weighted by Crippen LogP contribution is -2.22. The van der Waals surface area contributed by atoms with Crippen LogP contribution in [0.2, 0.25) is 5.02 Å². The van der Waals surface area contributed by atoms with Gasteiger partial charge in [-0.05, 0) is 37.6 Å². The summed E-state index contributed by atoms with van der Waals surface area (Å²) in [5, 5.41) is 8.71. The zero-order chi connectivity index (χ0) is 14.0. The highest BCUT2D eigenvalue weighted by Gasteiger charge is 2.10. The molecule has 3 nitrogen and oxygen atoms in total. The third-order valence-corrected chi connectivity index (χ3v) is 3.22. The molecule has 0 aliphatic rings. The molecule has 0 unspecified atom stereocenters. The molecule has 0 bridgehead atoms. The van der Waals surface area contributed by atoms with E-state index < -0.39 is 0 Å². The summed E-state index contributed by atoms with van der Waals surface area (Å²) < 4.78 is 1.96. The van der Waals surface area contributed by atoms with E-state index in [1.54, 1.807) is 0 Å². The Morgan fingerprint density at radius 2 is 2.00 bits per heavy atom. The van der Waals surface area contributed by atoms with Gasteiger partial charge in [-0.3, -0.25) is 0 Å². The molecule has 0 aliphatic heterocycles. The number of halogens is 1. The van der Waals surface area contributed by atoms with E-state index in [4.69, 9.17) is 11.6 Å². The number of benzene rings is 1. The Morgan fingerprint density at radius 3 is 2.58 bits per heavy atom. The Morgan fingerprint density at radius 1 is 1.26 bits per heavy atom. The van der Waals surface area contributed by atoms with Gasteiger partial charge in [-0.2, -0.15) is 5.10 Å². The monoisotopic (exact) mass is 277 g/mol. The van der Waals surface area contributed by atoms with Crippen LogP contribution in [-0.4, -0.2) is 15.8 Å². The molecule has 0 atom stereocenters. The van der Waals surface area contributed by atoms with Crippen molar-refractivity contribution < 1.29 is 0 Å². The third-order valence-electron chi connectivity index (χ3n) is 2.99. The number of nitrogens with one attached hydrogen (secondary N) is 1. The molecule has 0 spiro atoms. The Kier molecular flexibility index (Phi) is 4.27. The molecular formula is C15H20ClN3. The zero-order valence-corrected chi connectivity index (χ0v) is 12.6. The van der Waals surface area contributed by atoms with Crippen LogP contribution in [0.15, 0.2) is 24.3 Å². The molecule has 1 heterocycles. The maximum atomic E-state index is 6.13. The quantitative estimate of drug-likeness (QED) is 0.925. The molecule has 1 N–H and O–H groups in total. The van der Waals surface area contributed by atoms with Gasteiger partial charge in [0.05, 0.1) is 11.4 Å². The second kappa shape index (κ2) is 5.76.